The van der Waals surface area contributed by atoms with Crippen LogP contribution in [0.15, 0.2) is 60.7 Å². The molecule has 2 aromatic carbocycles. The highest BCUT2D eigenvalue weighted by molar-refractivity contribution is 5.65. The van der Waals surface area contributed by atoms with E-state index in [1.807, 2.05) is 12.1 Å². The SMILES string of the molecule is COc1ccc(/C(C)=C/C(C)c2ccccc2)cc1. The molecule has 19 heavy (non-hydrogen) atoms. The lowest BCUT2D eigenvalue weighted by Crippen LogP contribution is -1.90. The van der Waals surface area contributed by atoms with Crippen molar-refractivity contribution in [3.05, 3.63) is 71.8 Å². The summed E-state index contributed by atoms with van der Waals surface area (Å²) < 4.78 is 5.18. The Hall–Kier alpha value is -2.02. The van der Waals surface area contributed by atoms with Crippen molar-refractivity contribution in [1.82, 2.24) is 0 Å². The van der Waals surface area contributed by atoms with E-state index in [9.17, 15) is 0 Å². The summed E-state index contributed by atoms with van der Waals surface area (Å²) in [6.45, 7) is 4.38. The first-order valence-corrected chi connectivity index (χ1v) is 6.58. The fourth-order valence-corrected chi connectivity index (χ4v) is 2.18. The summed E-state index contributed by atoms with van der Waals surface area (Å²) in [6.07, 6.45) is 2.30. The Bertz CT molecular complexity index is 538. The molecular formula is C18H20O. The Morgan fingerprint density at radius 1 is 1.00 bits per heavy atom. The molecule has 0 bridgehead atoms. The first-order chi connectivity index (χ1) is 9.20. The second-order valence-electron chi connectivity index (χ2n) is 4.78. The predicted octanol–water partition coefficient (Wildman–Crippen LogP) is 4.90. The van der Waals surface area contributed by atoms with Gasteiger partial charge in [0.2, 0.25) is 0 Å². The van der Waals surface area contributed by atoms with Gasteiger partial charge in [0.15, 0.2) is 0 Å². The highest BCUT2D eigenvalue weighted by Gasteiger charge is 2.03. The summed E-state index contributed by atoms with van der Waals surface area (Å²) in [4.78, 5) is 0. The number of allylic oxidation sites excluding steroid dienone is 2. The quantitative estimate of drug-likeness (QED) is 0.751. The van der Waals surface area contributed by atoms with Gasteiger partial charge in [-0.15, -0.1) is 0 Å². The van der Waals surface area contributed by atoms with Crippen LogP contribution < -0.4 is 4.74 Å². The van der Waals surface area contributed by atoms with E-state index in [1.165, 1.54) is 16.7 Å². The molecule has 0 radical (unpaired) electrons. The van der Waals surface area contributed by atoms with E-state index >= 15 is 0 Å². The largest absolute Gasteiger partial charge is 0.497 e. The zero-order chi connectivity index (χ0) is 13.7. The van der Waals surface area contributed by atoms with Crippen molar-refractivity contribution in [3.8, 4) is 5.75 Å². The summed E-state index contributed by atoms with van der Waals surface area (Å²) in [5.41, 5.74) is 3.87. The molecule has 0 amide bonds. The Morgan fingerprint density at radius 3 is 2.21 bits per heavy atom. The standard InChI is InChI=1S/C18H20O/c1-14(16-7-5-4-6-8-16)13-15(2)17-9-11-18(19-3)12-10-17/h4-14H,1-3H3/b15-13+. The molecule has 0 fully saturated rings. The molecule has 0 spiro atoms. The molecule has 2 rings (SSSR count). The van der Waals surface area contributed by atoms with Gasteiger partial charge in [-0.2, -0.15) is 0 Å². The third kappa shape index (κ3) is 3.47. The van der Waals surface area contributed by atoms with Crippen LogP contribution in [0.3, 0.4) is 0 Å². The monoisotopic (exact) mass is 252 g/mol. The van der Waals surface area contributed by atoms with Crippen molar-refractivity contribution in [1.29, 1.82) is 0 Å². The van der Waals surface area contributed by atoms with Crippen molar-refractivity contribution < 1.29 is 4.74 Å². The summed E-state index contributed by atoms with van der Waals surface area (Å²) in [5, 5.41) is 0. The number of benzene rings is 2. The molecule has 1 unspecified atom stereocenters. The van der Waals surface area contributed by atoms with Crippen molar-refractivity contribution in [2.75, 3.05) is 7.11 Å². The van der Waals surface area contributed by atoms with Gasteiger partial charge in [0.1, 0.15) is 5.75 Å². The van der Waals surface area contributed by atoms with Gasteiger partial charge in [0, 0.05) is 0 Å². The van der Waals surface area contributed by atoms with Crippen molar-refractivity contribution in [3.63, 3.8) is 0 Å². The molecule has 0 aliphatic heterocycles. The highest BCUT2D eigenvalue weighted by Crippen LogP contribution is 2.23. The first-order valence-electron chi connectivity index (χ1n) is 6.58. The molecule has 1 atom stereocenters. The molecule has 0 saturated heterocycles. The predicted molar refractivity (Wildman–Crippen MR) is 81.5 cm³/mol. The molecule has 0 aliphatic rings. The maximum Gasteiger partial charge on any atom is 0.118 e. The Labute approximate surface area is 115 Å². The maximum absolute atomic E-state index is 5.18. The second kappa shape index (κ2) is 6.24. The number of ether oxygens (including phenoxy) is 1. The molecule has 1 heteroatoms. The lowest BCUT2D eigenvalue weighted by molar-refractivity contribution is 0.415. The molecule has 98 valence electrons. The van der Waals surface area contributed by atoms with E-state index in [4.69, 9.17) is 4.74 Å². The van der Waals surface area contributed by atoms with Gasteiger partial charge in [-0.25, -0.2) is 0 Å². The maximum atomic E-state index is 5.18. The fourth-order valence-electron chi connectivity index (χ4n) is 2.18. The van der Waals surface area contributed by atoms with Gasteiger partial charge in [0.05, 0.1) is 7.11 Å². The van der Waals surface area contributed by atoms with Crippen molar-refractivity contribution in [2.45, 2.75) is 19.8 Å². The Kier molecular flexibility index (Phi) is 4.40. The van der Waals surface area contributed by atoms with Crippen LogP contribution in [-0.2, 0) is 0 Å². The van der Waals surface area contributed by atoms with Crippen molar-refractivity contribution in [2.24, 2.45) is 0 Å². The molecule has 0 heterocycles. The van der Waals surface area contributed by atoms with Gasteiger partial charge in [0.25, 0.3) is 0 Å². The fraction of sp³-hybridized carbons (Fsp3) is 0.222. The van der Waals surface area contributed by atoms with Gasteiger partial charge in [-0.3, -0.25) is 0 Å². The molecule has 2 aromatic rings. The molecule has 0 aromatic heterocycles. The van der Waals surface area contributed by atoms with E-state index in [-0.39, 0.29) is 0 Å². The number of rotatable bonds is 4. The number of hydrogen-bond donors (Lipinski definition) is 0. The van der Waals surface area contributed by atoms with Gasteiger partial charge >= 0.3 is 0 Å². The van der Waals surface area contributed by atoms with Crippen LogP contribution in [0.2, 0.25) is 0 Å². The number of methoxy groups -OCH3 is 1. The topological polar surface area (TPSA) is 9.23 Å². The normalized spacial score (nSPS) is 13.1. The lowest BCUT2D eigenvalue weighted by atomic mass is 9.96. The van der Waals surface area contributed by atoms with E-state index in [2.05, 4.69) is 62.4 Å². The minimum Gasteiger partial charge on any atom is -0.497 e. The van der Waals surface area contributed by atoms with Gasteiger partial charge in [-0.1, -0.05) is 55.5 Å². The summed E-state index contributed by atoms with van der Waals surface area (Å²) in [6, 6.07) is 18.8. The first kappa shape index (κ1) is 13.4. The van der Waals surface area contributed by atoms with Crippen molar-refractivity contribution >= 4 is 5.57 Å². The average Bonchev–Trinajstić information content (AvgIpc) is 2.48. The minimum atomic E-state index is 0.420. The summed E-state index contributed by atoms with van der Waals surface area (Å²) in [7, 11) is 1.69. The summed E-state index contributed by atoms with van der Waals surface area (Å²) >= 11 is 0. The van der Waals surface area contributed by atoms with Gasteiger partial charge < -0.3 is 4.74 Å². The minimum absolute atomic E-state index is 0.420. The number of hydrogen-bond acceptors (Lipinski definition) is 1. The van der Waals surface area contributed by atoms with Crippen LogP contribution in [-0.4, -0.2) is 7.11 Å². The van der Waals surface area contributed by atoms with E-state index in [0.717, 1.165) is 5.75 Å². The van der Waals surface area contributed by atoms with E-state index in [0.29, 0.717) is 5.92 Å². The molecular weight excluding hydrogens is 232 g/mol. The summed E-state index contributed by atoms with van der Waals surface area (Å²) in [5.74, 6) is 1.32. The second-order valence-corrected chi connectivity index (χ2v) is 4.78. The molecule has 0 aliphatic carbocycles. The van der Waals surface area contributed by atoms with Crippen LogP contribution in [0, 0.1) is 0 Å². The molecule has 1 nitrogen and oxygen atoms in total. The third-order valence-corrected chi connectivity index (χ3v) is 3.37. The van der Waals surface area contributed by atoms with Crippen LogP contribution in [0.4, 0.5) is 0 Å². The molecule has 0 saturated carbocycles. The smallest absolute Gasteiger partial charge is 0.118 e. The van der Waals surface area contributed by atoms with Gasteiger partial charge in [-0.05, 0) is 41.7 Å². The molecule has 0 N–H and O–H groups in total. The average molecular weight is 252 g/mol. The Balaban J connectivity index is 2.18. The highest BCUT2D eigenvalue weighted by atomic mass is 16.5. The van der Waals surface area contributed by atoms with Crippen LogP contribution in [0.25, 0.3) is 5.57 Å². The zero-order valence-electron chi connectivity index (χ0n) is 11.8. The Morgan fingerprint density at radius 2 is 1.63 bits per heavy atom. The third-order valence-electron chi connectivity index (χ3n) is 3.37. The van der Waals surface area contributed by atoms with Crippen LogP contribution in [0.5, 0.6) is 5.75 Å². The van der Waals surface area contributed by atoms with Crippen LogP contribution in [0.1, 0.15) is 30.9 Å². The van der Waals surface area contributed by atoms with E-state index < -0.39 is 0 Å². The van der Waals surface area contributed by atoms with Crippen LogP contribution >= 0.6 is 0 Å². The lowest BCUT2D eigenvalue weighted by Gasteiger charge is -2.10. The zero-order valence-corrected chi connectivity index (χ0v) is 11.8. The van der Waals surface area contributed by atoms with E-state index in [1.54, 1.807) is 7.11 Å².